The molecule has 0 bridgehead atoms. The van der Waals surface area contributed by atoms with Crippen molar-refractivity contribution in [2.24, 2.45) is 0 Å². The molecule has 1 N–H and O–H groups in total. The molecule has 4 nitrogen and oxygen atoms in total. The highest BCUT2D eigenvalue weighted by Gasteiger charge is 2.24. The van der Waals surface area contributed by atoms with Gasteiger partial charge in [0.15, 0.2) is 6.61 Å². The van der Waals surface area contributed by atoms with Crippen molar-refractivity contribution in [2.75, 3.05) is 19.7 Å². The van der Waals surface area contributed by atoms with E-state index in [0.29, 0.717) is 22.2 Å². The van der Waals surface area contributed by atoms with Crippen LogP contribution in [0.5, 0.6) is 11.5 Å². The summed E-state index contributed by atoms with van der Waals surface area (Å²) in [4.78, 5) is 13.5. The topological polar surface area (TPSA) is 49.5 Å². The minimum absolute atomic E-state index is 0.0234. The monoisotopic (exact) mass is 469 g/mol. The van der Waals surface area contributed by atoms with E-state index in [9.17, 15) is 9.90 Å². The van der Waals surface area contributed by atoms with Crippen molar-refractivity contribution in [3.05, 3.63) is 81.3 Å². The average molecular weight is 470 g/mol. The van der Waals surface area contributed by atoms with E-state index >= 15 is 0 Å². The number of phenols is 1. The van der Waals surface area contributed by atoms with Crippen LogP contribution < -0.4 is 4.74 Å². The van der Waals surface area contributed by atoms with Gasteiger partial charge < -0.3 is 14.7 Å². The van der Waals surface area contributed by atoms with Crippen LogP contribution in [-0.4, -0.2) is 35.6 Å². The first kappa shape index (κ1) is 22.5. The summed E-state index contributed by atoms with van der Waals surface area (Å²) in [6.07, 6.45) is 2.57. The number of amides is 1. The number of halogens is 2. The standard InChI is InChI=1S/C26H25Cl2NO3/c1-2-4-17-5-3-6-19(11-17)21-12-18(7-8-25(21)30)13-22-23(27)14-20(15-24(22)28)32-16-26(31)29-9-10-29/h3,5-8,11-12,14-15,30H,2,4,9-10,13,16H2,1H3. The van der Waals surface area contributed by atoms with Gasteiger partial charge in [0.25, 0.3) is 5.91 Å². The minimum Gasteiger partial charge on any atom is -0.507 e. The predicted octanol–water partition coefficient (Wildman–Crippen LogP) is 6.13. The Kier molecular flexibility index (Phi) is 6.92. The number of hydrogen-bond acceptors (Lipinski definition) is 3. The Morgan fingerprint density at radius 2 is 1.78 bits per heavy atom. The molecule has 0 spiro atoms. The van der Waals surface area contributed by atoms with E-state index in [-0.39, 0.29) is 18.3 Å². The Labute approximate surface area is 198 Å². The van der Waals surface area contributed by atoms with Crippen LogP contribution in [0.2, 0.25) is 10.0 Å². The van der Waals surface area contributed by atoms with E-state index in [2.05, 4.69) is 19.1 Å². The first-order valence-electron chi connectivity index (χ1n) is 10.7. The van der Waals surface area contributed by atoms with Gasteiger partial charge in [0.2, 0.25) is 0 Å². The number of rotatable bonds is 8. The van der Waals surface area contributed by atoms with E-state index in [1.165, 1.54) is 5.56 Å². The fourth-order valence-corrected chi connectivity index (χ4v) is 4.28. The van der Waals surface area contributed by atoms with E-state index in [1.807, 2.05) is 24.3 Å². The Hall–Kier alpha value is -2.69. The maximum absolute atomic E-state index is 11.8. The quantitative estimate of drug-likeness (QED) is 0.403. The summed E-state index contributed by atoms with van der Waals surface area (Å²) in [5.74, 6) is 0.665. The summed E-state index contributed by atoms with van der Waals surface area (Å²) in [6.45, 7) is 3.71. The van der Waals surface area contributed by atoms with Crippen molar-refractivity contribution in [3.63, 3.8) is 0 Å². The van der Waals surface area contributed by atoms with Gasteiger partial charge in [-0.3, -0.25) is 4.79 Å². The largest absolute Gasteiger partial charge is 0.507 e. The third-order valence-corrected chi connectivity index (χ3v) is 6.17. The number of phenolic OH excluding ortho intramolecular Hbond substituents is 1. The molecule has 0 radical (unpaired) electrons. The Bertz CT molecular complexity index is 1120. The molecule has 1 heterocycles. The normalized spacial score (nSPS) is 12.7. The Morgan fingerprint density at radius 1 is 1.03 bits per heavy atom. The molecule has 1 aliphatic heterocycles. The molecule has 0 atom stereocenters. The molecule has 1 saturated heterocycles. The van der Waals surface area contributed by atoms with E-state index in [4.69, 9.17) is 27.9 Å². The van der Waals surface area contributed by atoms with E-state index < -0.39 is 0 Å². The molecule has 3 aromatic rings. The molecule has 0 saturated carbocycles. The van der Waals surface area contributed by atoms with Gasteiger partial charge in [0, 0.05) is 35.1 Å². The molecule has 6 heteroatoms. The first-order valence-corrected chi connectivity index (χ1v) is 11.5. The second-order valence-corrected chi connectivity index (χ2v) is 8.83. The summed E-state index contributed by atoms with van der Waals surface area (Å²) in [7, 11) is 0. The van der Waals surface area contributed by atoms with Crippen molar-refractivity contribution >= 4 is 29.1 Å². The van der Waals surface area contributed by atoms with Gasteiger partial charge in [-0.15, -0.1) is 0 Å². The van der Waals surface area contributed by atoms with Crippen molar-refractivity contribution in [3.8, 4) is 22.6 Å². The van der Waals surface area contributed by atoms with Crippen molar-refractivity contribution < 1.29 is 14.6 Å². The third kappa shape index (κ3) is 5.37. The highest BCUT2D eigenvalue weighted by Crippen LogP contribution is 2.35. The summed E-state index contributed by atoms with van der Waals surface area (Å²) < 4.78 is 5.57. The average Bonchev–Trinajstić information content (AvgIpc) is 3.62. The lowest BCUT2D eigenvalue weighted by Gasteiger charge is -2.13. The third-order valence-electron chi connectivity index (χ3n) is 5.50. The summed E-state index contributed by atoms with van der Waals surface area (Å²) in [5, 5.41) is 11.4. The lowest BCUT2D eigenvalue weighted by molar-refractivity contribution is -0.127. The number of ether oxygens (including phenoxy) is 1. The zero-order valence-electron chi connectivity index (χ0n) is 17.9. The number of carbonyl (C=O) groups excluding carboxylic acids is 1. The number of hydrogen-bond donors (Lipinski definition) is 1. The molecule has 0 unspecified atom stereocenters. The van der Waals surface area contributed by atoms with Gasteiger partial charge in [0.05, 0.1) is 0 Å². The minimum atomic E-state index is -0.0408. The molecular weight excluding hydrogens is 445 g/mol. The number of nitrogens with zero attached hydrogens (tertiary/aromatic N) is 1. The molecule has 0 aromatic heterocycles. The molecular formula is C26H25Cl2NO3. The van der Waals surface area contributed by atoms with Crippen LogP contribution in [0.4, 0.5) is 0 Å². The Balaban J connectivity index is 1.54. The number of benzene rings is 3. The highest BCUT2D eigenvalue weighted by molar-refractivity contribution is 6.36. The summed E-state index contributed by atoms with van der Waals surface area (Å²) >= 11 is 13.0. The molecule has 32 heavy (non-hydrogen) atoms. The van der Waals surface area contributed by atoms with Crippen LogP contribution in [-0.2, 0) is 17.6 Å². The molecule has 0 aliphatic carbocycles. The van der Waals surface area contributed by atoms with Crippen LogP contribution in [0.25, 0.3) is 11.1 Å². The van der Waals surface area contributed by atoms with Crippen LogP contribution in [0.1, 0.15) is 30.0 Å². The van der Waals surface area contributed by atoms with Crippen molar-refractivity contribution in [1.82, 2.24) is 4.90 Å². The predicted molar refractivity (Wildman–Crippen MR) is 129 cm³/mol. The maximum Gasteiger partial charge on any atom is 0.260 e. The SMILES string of the molecule is CCCc1cccc(-c2cc(Cc3c(Cl)cc(OCC(=O)N4CC4)cc3Cl)ccc2O)c1. The lowest BCUT2D eigenvalue weighted by Crippen LogP contribution is -2.19. The molecule has 1 amide bonds. The molecule has 1 aliphatic rings. The number of aromatic hydroxyl groups is 1. The van der Waals surface area contributed by atoms with Gasteiger partial charge in [0.1, 0.15) is 11.5 Å². The van der Waals surface area contributed by atoms with E-state index in [1.54, 1.807) is 23.1 Å². The number of carbonyl (C=O) groups is 1. The van der Waals surface area contributed by atoms with Crippen molar-refractivity contribution in [1.29, 1.82) is 0 Å². The van der Waals surface area contributed by atoms with Crippen LogP contribution >= 0.6 is 23.2 Å². The van der Waals surface area contributed by atoms with Gasteiger partial charge in [-0.05, 0) is 52.9 Å². The summed E-state index contributed by atoms with van der Waals surface area (Å²) in [5.41, 5.74) is 4.75. The molecule has 4 rings (SSSR count). The van der Waals surface area contributed by atoms with Gasteiger partial charge in [-0.2, -0.15) is 0 Å². The van der Waals surface area contributed by atoms with Crippen LogP contribution in [0.15, 0.2) is 54.6 Å². The van der Waals surface area contributed by atoms with Gasteiger partial charge in [-0.1, -0.05) is 66.9 Å². The maximum atomic E-state index is 11.8. The van der Waals surface area contributed by atoms with Crippen LogP contribution in [0, 0.1) is 0 Å². The smallest absolute Gasteiger partial charge is 0.260 e. The molecule has 1 fully saturated rings. The first-order chi connectivity index (χ1) is 15.4. The van der Waals surface area contributed by atoms with Crippen molar-refractivity contribution in [2.45, 2.75) is 26.2 Å². The molecule has 3 aromatic carbocycles. The fraction of sp³-hybridized carbons (Fsp3) is 0.269. The fourth-order valence-electron chi connectivity index (χ4n) is 3.68. The zero-order chi connectivity index (χ0) is 22.7. The molecule has 166 valence electrons. The summed E-state index contributed by atoms with van der Waals surface area (Å²) in [6, 6.07) is 17.2. The highest BCUT2D eigenvalue weighted by atomic mass is 35.5. The second-order valence-electron chi connectivity index (χ2n) is 8.01. The van der Waals surface area contributed by atoms with E-state index in [0.717, 1.165) is 48.2 Å². The second kappa shape index (κ2) is 9.85. The number of aryl methyl sites for hydroxylation is 1. The Morgan fingerprint density at radius 3 is 2.47 bits per heavy atom. The van der Waals surface area contributed by atoms with Gasteiger partial charge >= 0.3 is 0 Å². The van der Waals surface area contributed by atoms with Crippen LogP contribution in [0.3, 0.4) is 0 Å². The van der Waals surface area contributed by atoms with Gasteiger partial charge in [-0.25, -0.2) is 0 Å². The lowest BCUT2D eigenvalue weighted by atomic mass is 9.96. The zero-order valence-corrected chi connectivity index (χ0v) is 19.4.